The summed E-state index contributed by atoms with van der Waals surface area (Å²) < 4.78 is 29.7. The van der Waals surface area contributed by atoms with Gasteiger partial charge in [0.25, 0.3) is 0 Å². The Balaban J connectivity index is 0. The van der Waals surface area contributed by atoms with Crippen molar-refractivity contribution in [1.29, 1.82) is 0 Å². The SMILES string of the molecule is CCCCCCCCCCCCCCCCCCN(C)CCCCCCCCCCCCCCCCCC.COS(=O)(=O)O. The van der Waals surface area contributed by atoms with Crippen LogP contribution in [-0.4, -0.2) is 45.1 Å². The summed E-state index contributed by atoms with van der Waals surface area (Å²) in [5.41, 5.74) is 0. The lowest BCUT2D eigenvalue weighted by atomic mass is 10.0. The summed E-state index contributed by atoms with van der Waals surface area (Å²) in [6, 6.07) is 0. The third kappa shape index (κ3) is 46.3. The van der Waals surface area contributed by atoms with Crippen molar-refractivity contribution in [3.63, 3.8) is 0 Å². The van der Waals surface area contributed by atoms with Crippen LogP contribution in [0.4, 0.5) is 0 Å². The van der Waals surface area contributed by atoms with Crippen LogP contribution in [0.3, 0.4) is 0 Å². The first-order valence-corrected chi connectivity index (χ1v) is 20.9. The fraction of sp³-hybridized carbons (Fsp3) is 1.00. The van der Waals surface area contributed by atoms with Gasteiger partial charge >= 0.3 is 10.4 Å². The maximum atomic E-state index is 9.33. The molecule has 268 valence electrons. The van der Waals surface area contributed by atoms with Crippen molar-refractivity contribution in [3.05, 3.63) is 0 Å². The molecule has 0 aromatic heterocycles. The summed E-state index contributed by atoms with van der Waals surface area (Å²) in [7, 11) is -0.948. The average Bonchev–Trinajstić information content (AvgIpc) is 3.00. The molecule has 0 aromatic carbocycles. The molecular weight excluding hydrogens is 566 g/mol. The normalized spacial score (nSPS) is 11.7. The fourth-order valence-corrected chi connectivity index (χ4v) is 5.97. The second-order valence-corrected chi connectivity index (χ2v) is 14.7. The fourth-order valence-electron chi connectivity index (χ4n) is 5.97. The van der Waals surface area contributed by atoms with E-state index in [0.717, 1.165) is 7.11 Å². The zero-order valence-electron chi connectivity index (χ0n) is 30.6. The summed E-state index contributed by atoms with van der Waals surface area (Å²) >= 11 is 0. The van der Waals surface area contributed by atoms with Gasteiger partial charge in [-0.1, -0.05) is 206 Å². The summed E-state index contributed by atoms with van der Waals surface area (Å²) in [6.07, 6.45) is 46.8. The van der Waals surface area contributed by atoms with Crippen LogP contribution in [0.15, 0.2) is 0 Å². The molecule has 0 spiro atoms. The maximum Gasteiger partial charge on any atom is 0.397 e. The molecule has 0 rings (SSSR count). The Morgan fingerprint density at radius 3 is 0.727 bits per heavy atom. The van der Waals surface area contributed by atoms with Crippen LogP contribution in [0.2, 0.25) is 0 Å². The Morgan fingerprint density at radius 1 is 0.409 bits per heavy atom. The number of unbranched alkanes of at least 4 members (excludes halogenated alkanes) is 30. The first-order chi connectivity index (χ1) is 21.4. The van der Waals surface area contributed by atoms with Gasteiger partial charge in [0.15, 0.2) is 0 Å². The largest absolute Gasteiger partial charge is 0.397 e. The van der Waals surface area contributed by atoms with Gasteiger partial charge in [0.2, 0.25) is 0 Å². The van der Waals surface area contributed by atoms with Gasteiger partial charge in [0.1, 0.15) is 0 Å². The summed E-state index contributed by atoms with van der Waals surface area (Å²) in [5.74, 6) is 0. The van der Waals surface area contributed by atoms with Crippen LogP contribution in [0.5, 0.6) is 0 Å². The highest BCUT2D eigenvalue weighted by Crippen LogP contribution is 2.15. The van der Waals surface area contributed by atoms with Gasteiger partial charge in [-0.05, 0) is 33.0 Å². The average molecular weight is 648 g/mol. The predicted molar refractivity (Wildman–Crippen MR) is 195 cm³/mol. The van der Waals surface area contributed by atoms with Crippen LogP contribution in [0, 0.1) is 0 Å². The second kappa shape index (κ2) is 39.0. The van der Waals surface area contributed by atoms with E-state index in [2.05, 4.69) is 30.0 Å². The summed E-state index contributed by atoms with van der Waals surface area (Å²) in [4.78, 5) is 2.59. The van der Waals surface area contributed by atoms with Gasteiger partial charge in [-0.15, -0.1) is 0 Å². The minimum atomic E-state index is -4.16. The van der Waals surface area contributed by atoms with Crippen LogP contribution in [0.25, 0.3) is 0 Å². The molecule has 0 atom stereocenters. The molecular formula is C38H81NO4S. The number of hydrogen-bond acceptors (Lipinski definition) is 4. The molecule has 0 heterocycles. The minimum Gasteiger partial charge on any atom is -0.306 e. The van der Waals surface area contributed by atoms with Crippen molar-refractivity contribution in [1.82, 2.24) is 4.90 Å². The predicted octanol–water partition coefficient (Wildman–Crippen LogP) is 12.9. The first kappa shape index (κ1) is 46.0. The minimum absolute atomic E-state index is 0.870. The number of nitrogens with zero attached hydrogens (tertiary/aromatic N) is 1. The van der Waals surface area contributed by atoms with Gasteiger partial charge in [-0.2, -0.15) is 8.42 Å². The lowest BCUT2D eigenvalue weighted by Crippen LogP contribution is -2.20. The van der Waals surface area contributed by atoms with Crippen molar-refractivity contribution >= 4 is 10.4 Å². The third-order valence-electron chi connectivity index (χ3n) is 9.00. The molecule has 0 saturated heterocycles. The maximum absolute atomic E-state index is 9.33. The lowest BCUT2D eigenvalue weighted by molar-refractivity contribution is 0.314. The van der Waals surface area contributed by atoms with E-state index in [4.69, 9.17) is 4.55 Å². The van der Waals surface area contributed by atoms with Crippen LogP contribution in [0.1, 0.15) is 219 Å². The van der Waals surface area contributed by atoms with Gasteiger partial charge < -0.3 is 4.90 Å². The standard InChI is InChI=1S/C37H77N.CH4O4S/c1-4-6-8-10-12-14-16-18-20-22-24-26-28-30-32-34-36-38(3)37-35-33-31-29-27-25-23-21-19-17-15-13-11-9-7-5-2;1-5-6(2,3)4/h4-37H2,1-3H3;1H3,(H,2,3,4). The Kier molecular flexibility index (Phi) is 40.7. The van der Waals surface area contributed by atoms with Crippen molar-refractivity contribution in [2.24, 2.45) is 0 Å². The molecule has 0 aliphatic heterocycles. The number of hydrogen-bond donors (Lipinski definition) is 1. The van der Waals surface area contributed by atoms with E-state index in [9.17, 15) is 8.42 Å². The van der Waals surface area contributed by atoms with Crippen molar-refractivity contribution in [2.45, 2.75) is 219 Å². The smallest absolute Gasteiger partial charge is 0.306 e. The highest BCUT2D eigenvalue weighted by molar-refractivity contribution is 7.80. The van der Waals surface area contributed by atoms with Crippen molar-refractivity contribution in [3.8, 4) is 0 Å². The van der Waals surface area contributed by atoms with E-state index in [1.807, 2.05) is 0 Å². The molecule has 0 aromatic rings. The van der Waals surface area contributed by atoms with Crippen molar-refractivity contribution < 1.29 is 17.2 Å². The highest BCUT2D eigenvalue weighted by Gasteiger charge is 2.00. The Hall–Kier alpha value is -0.170. The first-order valence-electron chi connectivity index (χ1n) is 19.6. The van der Waals surface area contributed by atoms with E-state index >= 15 is 0 Å². The summed E-state index contributed by atoms with van der Waals surface area (Å²) in [5, 5.41) is 0. The molecule has 0 amide bonds. The topological polar surface area (TPSA) is 66.8 Å². The molecule has 0 bridgehead atoms. The van der Waals surface area contributed by atoms with Gasteiger partial charge in [-0.25, -0.2) is 0 Å². The van der Waals surface area contributed by atoms with E-state index < -0.39 is 10.4 Å². The van der Waals surface area contributed by atoms with E-state index in [1.165, 1.54) is 219 Å². The molecule has 0 aliphatic rings. The molecule has 0 radical (unpaired) electrons. The molecule has 44 heavy (non-hydrogen) atoms. The molecule has 0 unspecified atom stereocenters. The summed E-state index contributed by atoms with van der Waals surface area (Å²) in [6.45, 7) is 7.25. The zero-order valence-corrected chi connectivity index (χ0v) is 31.4. The third-order valence-corrected chi connectivity index (χ3v) is 9.42. The molecule has 0 saturated carbocycles. The monoisotopic (exact) mass is 648 g/mol. The number of rotatable bonds is 35. The van der Waals surface area contributed by atoms with E-state index in [0.29, 0.717) is 0 Å². The Bertz CT molecular complexity index is 578. The lowest BCUT2D eigenvalue weighted by Gasteiger charge is -2.16. The van der Waals surface area contributed by atoms with Gasteiger partial charge in [0, 0.05) is 0 Å². The van der Waals surface area contributed by atoms with Crippen LogP contribution < -0.4 is 0 Å². The Morgan fingerprint density at radius 2 is 0.568 bits per heavy atom. The van der Waals surface area contributed by atoms with Crippen molar-refractivity contribution in [2.75, 3.05) is 27.2 Å². The molecule has 5 nitrogen and oxygen atoms in total. The molecule has 1 N–H and O–H groups in total. The highest BCUT2D eigenvalue weighted by atomic mass is 32.3. The van der Waals surface area contributed by atoms with Crippen LogP contribution >= 0.6 is 0 Å². The van der Waals surface area contributed by atoms with E-state index in [1.54, 1.807) is 0 Å². The van der Waals surface area contributed by atoms with Gasteiger partial charge in [0.05, 0.1) is 7.11 Å². The molecule has 6 heteroatoms. The molecule has 0 fully saturated rings. The quantitative estimate of drug-likeness (QED) is 0.0547. The zero-order chi connectivity index (χ0) is 32.8. The Labute approximate surface area is 278 Å². The van der Waals surface area contributed by atoms with Crippen LogP contribution in [-0.2, 0) is 14.6 Å². The van der Waals surface area contributed by atoms with E-state index in [-0.39, 0.29) is 0 Å². The van der Waals surface area contributed by atoms with Gasteiger partial charge in [-0.3, -0.25) is 8.74 Å². The second-order valence-electron chi connectivity index (χ2n) is 13.5. The molecule has 0 aliphatic carbocycles.